The van der Waals surface area contributed by atoms with Crippen molar-refractivity contribution in [3.8, 4) is 0 Å². The topological polar surface area (TPSA) is 38.5 Å². The Balaban J connectivity index is 2.37. The van der Waals surface area contributed by atoms with Gasteiger partial charge in [-0.25, -0.2) is 0 Å². The smallest absolute Gasteiger partial charge is 0.0589 e. The van der Waals surface area contributed by atoms with E-state index in [-0.39, 0.29) is 0 Å². The van der Waals surface area contributed by atoms with Gasteiger partial charge in [-0.15, -0.1) is 6.58 Å². The van der Waals surface area contributed by atoms with Crippen LogP contribution in [0.15, 0.2) is 12.7 Å². The first kappa shape index (κ1) is 12.7. The van der Waals surface area contributed by atoms with Crippen LogP contribution < -0.4 is 5.73 Å². The molecule has 0 unspecified atom stereocenters. The second kappa shape index (κ2) is 6.26. The van der Waals surface area contributed by atoms with Crippen molar-refractivity contribution in [2.45, 2.75) is 19.3 Å². The molecule has 3 heteroatoms. The van der Waals surface area contributed by atoms with Crippen LogP contribution >= 0.6 is 0 Å². The van der Waals surface area contributed by atoms with E-state index < -0.39 is 0 Å². The number of hydrogen-bond donors (Lipinski definition) is 1. The molecule has 0 aliphatic heterocycles. The van der Waals surface area contributed by atoms with Crippen molar-refractivity contribution in [2.75, 3.05) is 39.9 Å². The summed E-state index contributed by atoms with van der Waals surface area (Å²) < 4.78 is 5.11. The summed E-state index contributed by atoms with van der Waals surface area (Å²) in [5.74, 6) is 0. The van der Waals surface area contributed by atoms with Crippen LogP contribution in [-0.2, 0) is 4.74 Å². The summed E-state index contributed by atoms with van der Waals surface area (Å²) in [6.45, 7) is 8.40. The van der Waals surface area contributed by atoms with E-state index in [0.29, 0.717) is 5.41 Å². The maximum Gasteiger partial charge on any atom is 0.0589 e. The van der Waals surface area contributed by atoms with Crippen molar-refractivity contribution in [2.24, 2.45) is 11.1 Å². The Hall–Kier alpha value is -0.380. The van der Waals surface area contributed by atoms with E-state index in [4.69, 9.17) is 10.5 Å². The largest absolute Gasteiger partial charge is 0.383 e. The summed E-state index contributed by atoms with van der Waals surface area (Å²) >= 11 is 0. The fourth-order valence-electron chi connectivity index (χ4n) is 2.22. The summed E-state index contributed by atoms with van der Waals surface area (Å²) in [5.41, 5.74) is 6.24. The van der Waals surface area contributed by atoms with E-state index in [1.165, 1.54) is 19.3 Å². The number of hydrogen-bond acceptors (Lipinski definition) is 3. The highest BCUT2D eigenvalue weighted by atomic mass is 16.5. The SMILES string of the molecule is C=CCN(CCOC)CC1(CN)CCC1. The molecule has 3 nitrogen and oxygen atoms in total. The average molecular weight is 212 g/mol. The van der Waals surface area contributed by atoms with E-state index in [1.54, 1.807) is 7.11 Å². The number of nitrogens with two attached hydrogens (primary N) is 1. The molecule has 0 heterocycles. The lowest BCUT2D eigenvalue weighted by molar-refractivity contribution is 0.0643. The first-order valence-corrected chi connectivity index (χ1v) is 5.78. The van der Waals surface area contributed by atoms with Gasteiger partial charge in [0.15, 0.2) is 0 Å². The summed E-state index contributed by atoms with van der Waals surface area (Å²) in [4.78, 5) is 2.39. The lowest BCUT2D eigenvalue weighted by Gasteiger charge is -2.44. The summed E-state index contributed by atoms with van der Waals surface area (Å²) in [7, 11) is 1.74. The number of rotatable bonds is 8. The number of methoxy groups -OCH3 is 1. The lowest BCUT2D eigenvalue weighted by Crippen LogP contribution is -2.47. The van der Waals surface area contributed by atoms with Crippen LogP contribution in [-0.4, -0.2) is 44.8 Å². The molecule has 1 rings (SSSR count). The van der Waals surface area contributed by atoms with Crippen molar-refractivity contribution in [1.29, 1.82) is 0 Å². The molecule has 0 aromatic carbocycles. The molecule has 0 aromatic heterocycles. The zero-order valence-electron chi connectivity index (χ0n) is 9.87. The van der Waals surface area contributed by atoms with E-state index in [9.17, 15) is 0 Å². The van der Waals surface area contributed by atoms with Crippen LogP contribution in [0.1, 0.15) is 19.3 Å². The van der Waals surface area contributed by atoms with Gasteiger partial charge in [0, 0.05) is 26.7 Å². The van der Waals surface area contributed by atoms with Gasteiger partial charge in [0.1, 0.15) is 0 Å². The molecular formula is C12H24N2O. The minimum atomic E-state index is 0.386. The predicted octanol–water partition coefficient (Wildman–Crippen LogP) is 1.25. The van der Waals surface area contributed by atoms with Crippen LogP contribution in [0.4, 0.5) is 0 Å². The molecule has 0 radical (unpaired) electrons. The quantitative estimate of drug-likeness (QED) is 0.615. The first-order chi connectivity index (χ1) is 7.26. The molecule has 0 saturated heterocycles. The van der Waals surface area contributed by atoms with Gasteiger partial charge in [0.05, 0.1) is 6.61 Å². The summed E-state index contributed by atoms with van der Waals surface area (Å²) in [6.07, 6.45) is 5.86. The Bertz CT molecular complexity index is 185. The van der Waals surface area contributed by atoms with Crippen molar-refractivity contribution in [1.82, 2.24) is 4.90 Å². The van der Waals surface area contributed by atoms with Gasteiger partial charge in [-0.1, -0.05) is 12.5 Å². The van der Waals surface area contributed by atoms with Crippen molar-refractivity contribution < 1.29 is 4.74 Å². The third kappa shape index (κ3) is 3.59. The van der Waals surface area contributed by atoms with E-state index >= 15 is 0 Å². The fourth-order valence-corrected chi connectivity index (χ4v) is 2.22. The Morgan fingerprint density at radius 2 is 2.27 bits per heavy atom. The van der Waals surface area contributed by atoms with Gasteiger partial charge in [-0.05, 0) is 24.8 Å². The molecule has 0 atom stereocenters. The Morgan fingerprint density at radius 1 is 1.53 bits per heavy atom. The van der Waals surface area contributed by atoms with Crippen molar-refractivity contribution in [3.63, 3.8) is 0 Å². The molecular weight excluding hydrogens is 188 g/mol. The molecule has 0 amide bonds. The highest BCUT2D eigenvalue weighted by molar-refractivity contribution is 4.92. The van der Waals surface area contributed by atoms with Crippen LogP contribution in [0.5, 0.6) is 0 Å². The van der Waals surface area contributed by atoms with Crippen molar-refractivity contribution in [3.05, 3.63) is 12.7 Å². The maximum absolute atomic E-state index is 5.86. The minimum Gasteiger partial charge on any atom is -0.383 e. The van der Waals surface area contributed by atoms with Gasteiger partial charge >= 0.3 is 0 Å². The van der Waals surface area contributed by atoms with Crippen molar-refractivity contribution >= 4 is 0 Å². The molecule has 1 aliphatic carbocycles. The second-order valence-corrected chi connectivity index (χ2v) is 4.57. The van der Waals surface area contributed by atoms with E-state index in [2.05, 4.69) is 11.5 Å². The third-order valence-corrected chi connectivity index (χ3v) is 3.41. The van der Waals surface area contributed by atoms with E-state index in [1.807, 2.05) is 6.08 Å². The average Bonchev–Trinajstić information content (AvgIpc) is 2.20. The van der Waals surface area contributed by atoms with Crippen LogP contribution in [0.3, 0.4) is 0 Å². The zero-order chi connectivity index (χ0) is 11.1. The second-order valence-electron chi connectivity index (χ2n) is 4.57. The van der Waals surface area contributed by atoms with Crippen LogP contribution in [0.25, 0.3) is 0 Å². The molecule has 0 spiro atoms. The molecule has 1 fully saturated rings. The summed E-state index contributed by atoms with van der Waals surface area (Å²) in [6, 6.07) is 0. The molecule has 15 heavy (non-hydrogen) atoms. The minimum absolute atomic E-state index is 0.386. The van der Waals surface area contributed by atoms with Crippen LogP contribution in [0.2, 0.25) is 0 Å². The van der Waals surface area contributed by atoms with Gasteiger partial charge in [-0.2, -0.15) is 0 Å². The van der Waals surface area contributed by atoms with E-state index in [0.717, 1.165) is 32.8 Å². The zero-order valence-corrected chi connectivity index (χ0v) is 9.87. The Labute approximate surface area is 93.3 Å². The molecule has 0 aromatic rings. The normalized spacial score (nSPS) is 18.9. The highest BCUT2D eigenvalue weighted by Gasteiger charge is 2.36. The predicted molar refractivity (Wildman–Crippen MR) is 63.9 cm³/mol. The first-order valence-electron chi connectivity index (χ1n) is 5.78. The third-order valence-electron chi connectivity index (χ3n) is 3.41. The molecule has 88 valence electrons. The maximum atomic E-state index is 5.86. The molecule has 2 N–H and O–H groups in total. The highest BCUT2D eigenvalue weighted by Crippen LogP contribution is 2.40. The molecule has 1 aliphatic rings. The van der Waals surface area contributed by atoms with Crippen LogP contribution in [0, 0.1) is 5.41 Å². The molecule has 0 bridgehead atoms. The van der Waals surface area contributed by atoms with Gasteiger partial charge in [0.2, 0.25) is 0 Å². The van der Waals surface area contributed by atoms with Gasteiger partial charge < -0.3 is 10.5 Å². The Kier molecular flexibility index (Phi) is 5.29. The van der Waals surface area contributed by atoms with Gasteiger partial charge in [0.25, 0.3) is 0 Å². The fraction of sp³-hybridized carbons (Fsp3) is 0.833. The number of nitrogens with zero attached hydrogens (tertiary/aromatic N) is 1. The standard InChI is InChI=1S/C12H24N2O/c1-3-7-14(8-9-15-2)11-12(10-13)5-4-6-12/h3H,1,4-11,13H2,2H3. The Morgan fingerprint density at radius 3 is 2.67 bits per heavy atom. The number of ether oxygens (including phenoxy) is 1. The lowest BCUT2D eigenvalue weighted by atomic mass is 9.68. The monoisotopic (exact) mass is 212 g/mol. The van der Waals surface area contributed by atoms with Gasteiger partial charge in [-0.3, -0.25) is 4.90 Å². The molecule has 1 saturated carbocycles. The summed E-state index contributed by atoms with van der Waals surface area (Å²) in [5, 5.41) is 0.